The Morgan fingerprint density at radius 3 is 2.38 bits per heavy atom. The molecule has 0 saturated heterocycles. The lowest BCUT2D eigenvalue weighted by atomic mass is 10.1. The number of hydrogen-bond acceptors (Lipinski definition) is 3. The number of hydrogen-bond donors (Lipinski definition) is 1. The van der Waals surface area contributed by atoms with Crippen LogP contribution in [0.2, 0.25) is 0 Å². The molecule has 0 aliphatic heterocycles. The van der Waals surface area contributed by atoms with Crippen molar-refractivity contribution in [2.24, 2.45) is 0 Å². The van der Waals surface area contributed by atoms with Gasteiger partial charge in [-0.25, -0.2) is 12.8 Å². The van der Waals surface area contributed by atoms with Gasteiger partial charge in [-0.1, -0.05) is 29.8 Å². The average molecular weight is 443 g/mol. The van der Waals surface area contributed by atoms with Crippen LogP contribution in [0.1, 0.15) is 29.8 Å². The van der Waals surface area contributed by atoms with Crippen molar-refractivity contribution in [2.45, 2.75) is 25.7 Å². The van der Waals surface area contributed by atoms with Gasteiger partial charge in [0.05, 0.1) is 0 Å². The number of carbonyl (C=O) groups excluding carboxylic acids is 1. The third-order valence-corrected chi connectivity index (χ3v) is 6.51. The molecular weight excluding hydrogens is 423 g/mol. The van der Waals surface area contributed by atoms with Crippen molar-refractivity contribution < 1.29 is 17.6 Å². The highest BCUT2D eigenvalue weighted by atomic mass is 79.9. The molecule has 26 heavy (non-hydrogen) atoms. The lowest BCUT2D eigenvalue weighted by Crippen LogP contribution is -2.31. The maximum atomic E-state index is 14.2. The number of carbonyl (C=O) groups is 1. The molecule has 5 nitrogen and oxygen atoms in total. The number of aryl methyl sites for hydroxylation is 1. The molecule has 0 aromatic heterocycles. The first-order chi connectivity index (χ1) is 12.2. The second-order valence-electron chi connectivity index (χ2n) is 5.65. The number of amides is 1. The van der Waals surface area contributed by atoms with Crippen LogP contribution in [0.5, 0.6) is 0 Å². The predicted molar refractivity (Wildman–Crippen MR) is 103 cm³/mol. The molecule has 0 aliphatic carbocycles. The summed E-state index contributed by atoms with van der Waals surface area (Å²) in [5, 5.41) is 2.72. The van der Waals surface area contributed by atoms with E-state index >= 15 is 0 Å². The maximum absolute atomic E-state index is 14.2. The molecule has 0 atom stereocenters. The molecule has 0 bridgehead atoms. The van der Waals surface area contributed by atoms with Crippen LogP contribution in [0.25, 0.3) is 0 Å². The molecule has 0 heterocycles. The van der Waals surface area contributed by atoms with Crippen molar-refractivity contribution in [3.8, 4) is 0 Å². The van der Waals surface area contributed by atoms with E-state index in [-0.39, 0.29) is 18.7 Å². The second-order valence-corrected chi connectivity index (χ2v) is 8.47. The summed E-state index contributed by atoms with van der Waals surface area (Å²) < 4.78 is 41.4. The Hall–Kier alpha value is -1.77. The largest absolute Gasteiger partial charge is 0.322 e. The lowest BCUT2D eigenvalue weighted by molar-refractivity contribution is 0.102. The van der Waals surface area contributed by atoms with Gasteiger partial charge < -0.3 is 5.32 Å². The predicted octanol–water partition coefficient (Wildman–Crippen LogP) is 4.18. The fourth-order valence-electron chi connectivity index (χ4n) is 2.51. The topological polar surface area (TPSA) is 66.5 Å². The van der Waals surface area contributed by atoms with Crippen molar-refractivity contribution in [1.29, 1.82) is 0 Å². The third kappa shape index (κ3) is 4.31. The molecule has 2 aromatic rings. The Labute approximate surface area is 161 Å². The van der Waals surface area contributed by atoms with E-state index in [0.29, 0.717) is 5.69 Å². The smallest absolute Gasteiger partial charge is 0.255 e. The van der Waals surface area contributed by atoms with Gasteiger partial charge >= 0.3 is 0 Å². The number of halogens is 2. The van der Waals surface area contributed by atoms with Crippen molar-refractivity contribution in [2.75, 3.05) is 18.4 Å². The van der Waals surface area contributed by atoms with Crippen LogP contribution in [0, 0.1) is 12.7 Å². The van der Waals surface area contributed by atoms with Crippen LogP contribution < -0.4 is 5.32 Å². The highest BCUT2D eigenvalue weighted by Gasteiger charge is 2.26. The summed E-state index contributed by atoms with van der Waals surface area (Å²) >= 11 is 3.35. The molecule has 0 saturated carbocycles. The fraction of sp³-hybridized carbons (Fsp3) is 0.278. The van der Waals surface area contributed by atoms with E-state index in [9.17, 15) is 17.6 Å². The highest BCUT2D eigenvalue weighted by Crippen LogP contribution is 2.23. The van der Waals surface area contributed by atoms with Gasteiger partial charge in [-0.2, -0.15) is 4.31 Å². The summed E-state index contributed by atoms with van der Waals surface area (Å²) in [4.78, 5) is 12.0. The number of benzene rings is 2. The van der Waals surface area contributed by atoms with Crippen LogP contribution in [0.4, 0.5) is 10.1 Å². The maximum Gasteiger partial charge on any atom is 0.255 e. The zero-order valence-electron chi connectivity index (χ0n) is 14.7. The standard InChI is InChI=1S/C18H20BrFN2O3S/c1-4-22(5-2)26(24,25)17-11-13(6-8-15(17)20)18(23)21-16-9-7-14(19)10-12(16)3/h6-11H,4-5H2,1-3H3,(H,21,23). The summed E-state index contributed by atoms with van der Waals surface area (Å²) in [5.41, 5.74) is 1.50. The lowest BCUT2D eigenvalue weighted by Gasteiger charge is -2.19. The summed E-state index contributed by atoms with van der Waals surface area (Å²) in [5.74, 6) is -1.39. The Morgan fingerprint density at radius 1 is 1.15 bits per heavy atom. The van der Waals surface area contributed by atoms with Crippen molar-refractivity contribution in [1.82, 2.24) is 4.31 Å². The molecular formula is C18H20BrFN2O3S. The van der Waals surface area contributed by atoms with Gasteiger partial charge in [0, 0.05) is 28.8 Å². The zero-order chi connectivity index (χ0) is 19.5. The third-order valence-electron chi connectivity index (χ3n) is 3.95. The van der Waals surface area contributed by atoms with E-state index in [1.807, 2.05) is 13.0 Å². The molecule has 1 amide bonds. The van der Waals surface area contributed by atoms with Crippen LogP contribution in [-0.2, 0) is 10.0 Å². The number of nitrogens with one attached hydrogen (secondary N) is 1. The van der Waals surface area contributed by atoms with E-state index in [4.69, 9.17) is 0 Å². The van der Waals surface area contributed by atoms with Gasteiger partial charge in [0.2, 0.25) is 10.0 Å². The van der Waals surface area contributed by atoms with E-state index in [1.54, 1.807) is 26.0 Å². The molecule has 0 aliphatic rings. The van der Waals surface area contributed by atoms with Gasteiger partial charge in [0.25, 0.3) is 5.91 Å². The number of rotatable bonds is 6. The Morgan fingerprint density at radius 2 is 1.81 bits per heavy atom. The molecule has 1 N–H and O–H groups in total. The molecule has 8 heteroatoms. The van der Waals surface area contributed by atoms with E-state index in [2.05, 4.69) is 21.2 Å². The van der Waals surface area contributed by atoms with Crippen LogP contribution in [-0.4, -0.2) is 31.7 Å². The second kappa shape index (κ2) is 8.28. The Balaban J connectivity index is 2.38. The zero-order valence-corrected chi connectivity index (χ0v) is 17.1. The molecule has 2 rings (SSSR count). The summed E-state index contributed by atoms with van der Waals surface area (Å²) in [6, 6.07) is 8.70. The molecule has 0 unspecified atom stereocenters. The van der Waals surface area contributed by atoms with Gasteiger partial charge in [0.1, 0.15) is 10.7 Å². The van der Waals surface area contributed by atoms with Gasteiger partial charge in [-0.15, -0.1) is 0 Å². The highest BCUT2D eigenvalue weighted by molar-refractivity contribution is 9.10. The average Bonchev–Trinajstić information content (AvgIpc) is 2.58. The molecule has 0 spiro atoms. The summed E-state index contributed by atoms with van der Waals surface area (Å²) in [6.07, 6.45) is 0. The van der Waals surface area contributed by atoms with E-state index < -0.39 is 26.6 Å². The number of anilines is 1. The van der Waals surface area contributed by atoms with E-state index in [0.717, 1.165) is 26.5 Å². The molecule has 140 valence electrons. The van der Waals surface area contributed by atoms with Crippen LogP contribution in [0.15, 0.2) is 45.8 Å². The van der Waals surface area contributed by atoms with Gasteiger partial charge in [-0.3, -0.25) is 4.79 Å². The summed E-state index contributed by atoms with van der Waals surface area (Å²) in [6.45, 7) is 5.61. The number of sulfonamides is 1. The van der Waals surface area contributed by atoms with Gasteiger partial charge in [-0.05, 0) is 48.9 Å². The monoisotopic (exact) mass is 442 g/mol. The summed E-state index contributed by atoms with van der Waals surface area (Å²) in [7, 11) is -4.00. The first-order valence-corrected chi connectivity index (χ1v) is 10.3. The van der Waals surface area contributed by atoms with Crippen molar-refractivity contribution in [3.05, 3.63) is 57.8 Å². The molecule has 0 radical (unpaired) electrons. The normalized spacial score (nSPS) is 11.6. The Bertz CT molecular complexity index is 928. The Kier molecular flexibility index (Phi) is 6.54. The van der Waals surface area contributed by atoms with Gasteiger partial charge in [0.15, 0.2) is 0 Å². The minimum Gasteiger partial charge on any atom is -0.322 e. The van der Waals surface area contributed by atoms with Crippen LogP contribution in [0.3, 0.4) is 0 Å². The van der Waals surface area contributed by atoms with E-state index in [1.165, 1.54) is 6.07 Å². The number of nitrogens with zero attached hydrogens (tertiary/aromatic N) is 1. The fourth-order valence-corrected chi connectivity index (χ4v) is 4.53. The first kappa shape index (κ1) is 20.5. The SMILES string of the molecule is CCN(CC)S(=O)(=O)c1cc(C(=O)Nc2ccc(Br)cc2C)ccc1F. The minimum absolute atomic E-state index is 0.0689. The van der Waals surface area contributed by atoms with Crippen molar-refractivity contribution >= 4 is 37.5 Å². The van der Waals surface area contributed by atoms with Crippen molar-refractivity contribution in [3.63, 3.8) is 0 Å². The molecule has 2 aromatic carbocycles. The first-order valence-electron chi connectivity index (χ1n) is 8.07. The minimum atomic E-state index is -4.00. The quantitative estimate of drug-likeness (QED) is 0.729. The van der Waals surface area contributed by atoms with Crippen LogP contribution >= 0.6 is 15.9 Å². The molecule has 0 fully saturated rings.